The van der Waals surface area contributed by atoms with E-state index in [1.165, 1.54) is 41.1 Å². The predicted molar refractivity (Wildman–Crippen MR) is 160 cm³/mol. The molecular weight excluding hydrogens is 631 g/mol. The molecule has 0 aliphatic carbocycles. The number of esters is 1. The molecule has 1 N–H and O–H groups in total. The van der Waals surface area contributed by atoms with Crippen LogP contribution in [-0.4, -0.2) is 34.3 Å². The number of ether oxygens (including phenoxy) is 2. The fourth-order valence-electron chi connectivity index (χ4n) is 4.97. The van der Waals surface area contributed by atoms with Gasteiger partial charge in [-0.15, -0.1) is 0 Å². The number of nitrogens with one attached hydrogen (secondary N) is 1. The number of phosphoric acid groups is 1. The molecule has 3 heterocycles. The van der Waals surface area contributed by atoms with Crippen LogP contribution in [0, 0.1) is 6.92 Å². The summed E-state index contributed by atoms with van der Waals surface area (Å²) in [6, 6.07) is 5.51. The second kappa shape index (κ2) is 15.3. The molecule has 0 bridgehead atoms. The van der Waals surface area contributed by atoms with Gasteiger partial charge in [-0.2, -0.15) is 0 Å². The molecule has 230 valence electrons. The number of benzene rings is 1. The number of aromatic nitrogens is 2. The van der Waals surface area contributed by atoms with Crippen LogP contribution in [0.3, 0.4) is 0 Å². The number of carbonyl (C=O) groups excluding carboxylic acids is 1. The third-order valence-electron chi connectivity index (χ3n) is 7.27. The number of aryl methyl sites for hydroxylation is 1. The van der Waals surface area contributed by atoms with Crippen molar-refractivity contribution in [1.82, 2.24) is 9.55 Å². The van der Waals surface area contributed by atoms with Crippen molar-refractivity contribution in [2.75, 3.05) is 6.61 Å². The van der Waals surface area contributed by atoms with Crippen LogP contribution in [0.1, 0.15) is 87.6 Å². The van der Waals surface area contributed by atoms with E-state index in [0.717, 1.165) is 30.4 Å². The quantitative estimate of drug-likeness (QED) is 0.140. The second-order valence-corrected chi connectivity index (χ2v) is 12.6. The summed E-state index contributed by atoms with van der Waals surface area (Å²) in [6.45, 7) is 3.78. The monoisotopic (exact) mass is 668 g/mol. The standard InChI is InChI=1S/C29H38BrN2O9P/c1-3-4-5-6-7-8-9-13-26(33)40-23-16-25(32-17-21(14-15-30)28(34)31-29(32)35)39-24(23)19-38-42(36)37-18-22-12-10-11-20(2)27(22)41-42/h10-12,14-15,17,23-25H,3-9,13,16,18-19H2,1-2H3,(H,31,34,35)/b15-14+/t23-,24+,25+,42?/m0/s1. The summed E-state index contributed by atoms with van der Waals surface area (Å²) in [6.07, 6.45) is 8.14. The number of aromatic amines is 1. The van der Waals surface area contributed by atoms with Crippen molar-refractivity contribution in [3.8, 4) is 5.75 Å². The second-order valence-electron chi connectivity index (χ2n) is 10.5. The maximum absolute atomic E-state index is 13.3. The minimum Gasteiger partial charge on any atom is -0.459 e. The summed E-state index contributed by atoms with van der Waals surface area (Å²) < 4.78 is 43.2. The molecular formula is C29H38BrN2O9P. The molecule has 11 nitrogen and oxygen atoms in total. The van der Waals surface area contributed by atoms with Crippen molar-refractivity contribution < 1.29 is 32.4 Å². The number of rotatable bonds is 14. The van der Waals surface area contributed by atoms with Gasteiger partial charge in [0.15, 0.2) is 0 Å². The van der Waals surface area contributed by atoms with Gasteiger partial charge < -0.3 is 14.0 Å². The maximum atomic E-state index is 13.3. The lowest BCUT2D eigenvalue weighted by Crippen LogP contribution is -2.33. The van der Waals surface area contributed by atoms with Crippen molar-refractivity contribution in [3.05, 3.63) is 66.9 Å². The molecule has 2 aliphatic rings. The van der Waals surface area contributed by atoms with Gasteiger partial charge in [-0.05, 0) is 30.0 Å². The van der Waals surface area contributed by atoms with E-state index >= 15 is 0 Å². The minimum absolute atomic E-state index is 0.0515. The number of nitrogens with zero attached hydrogens (tertiary/aromatic N) is 1. The molecule has 1 saturated heterocycles. The molecule has 2 aliphatic heterocycles. The van der Waals surface area contributed by atoms with Crippen LogP contribution in [0.5, 0.6) is 5.75 Å². The summed E-state index contributed by atoms with van der Waals surface area (Å²) in [7, 11) is -4.00. The van der Waals surface area contributed by atoms with Crippen LogP contribution < -0.4 is 15.8 Å². The van der Waals surface area contributed by atoms with Gasteiger partial charge in [0, 0.05) is 24.6 Å². The largest absolute Gasteiger partial charge is 0.530 e. The lowest BCUT2D eigenvalue weighted by molar-refractivity contribution is -0.153. The zero-order valence-electron chi connectivity index (χ0n) is 23.9. The number of carbonyl (C=O) groups is 1. The molecule has 4 atom stereocenters. The fraction of sp³-hybridized carbons (Fsp3) is 0.552. The van der Waals surface area contributed by atoms with Crippen LogP contribution in [0.25, 0.3) is 6.08 Å². The molecule has 2 aromatic rings. The molecule has 0 saturated carbocycles. The third-order valence-corrected chi connectivity index (χ3v) is 8.85. The van der Waals surface area contributed by atoms with Crippen molar-refractivity contribution in [1.29, 1.82) is 0 Å². The first-order valence-corrected chi connectivity index (χ1v) is 16.7. The highest BCUT2D eigenvalue weighted by molar-refractivity contribution is 9.11. The zero-order chi connectivity index (χ0) is 30.1. The Bertz CT molecular complexity index is 1420. The predicted octanol–water partition coefficient (Wildman–Crippen LogP) is 6.28. The summed E-state index contributed by atoms with van der Waals surface area (Å²) >= 11 is 3.14. The highest BCUT2D eigenvalue weighted by Gasteiger charge is 2.43. The smallest absolute Gasteiger partial charge is 0.459 e. The number of hydrogen-bond acceptors (Lipinski definition) is 9. The molecule has 1 aromatic carbocycles. The number of unbranched alkanes of at least 4 members (excludes halogenated alkanes) is 6. The number of phosphoric ester groups is 1. The van der Waals surface area contributed by atoms with Gasteiger partial charge in [0.25, 0.3) is 5.56 Å². The minimum atomic E-state index is -4.00. The van der Waals surface area contributed by atoms with E-state index in [-0.39, 0.29) is 37.6 Å². The van der Waals surface area contributed by atoms with E-state index in [2.05, 4.69) is 27.8 Å². The fourth-order valence-corrected chi connectivity index (χ4v) is 6.55. The Morgan fingerprint density at radius 2 is 1.95 bits per heavy atom. The van der Waals surface area contributed by atoms with E-state index in [9.17, 15) is 18.9 Å². The van der Waals surface area contributed by atoms with Gasteiger partial charge >= 0.3 is 19.5 Å². The summed E-state index contributed by atoms with van der Waals surface area (Å²) in [5, 5.41) is 0. The van der Waals surface area contributed by atoms with Gasteiger partial charge in [-0.3, -0.25) is 28.2 Å². The highest BCUT2D eigenvalue weighted by Crippen LogP contribution is 2.55. The normalized spacial score (nSPS) is 23.5. The number of hydrogen-bond donors (Lipinski definition) is 1. The Hall–Kier alpha value is -2.50. The molecule has 1 fully saturated rings. The summed E-state index contributed by atoms with van der Waals surface area (Å²) in [5.74, 6) is 0.0584. The first kappa shape index (κ1) is 32.4. The number of para-hydroxylation sites is 1. The molecule has 1 unspecified atom stereocenters. The third kappa shape index (κ3) is 8.54. The van der Waals surface area contributed by atoms with Crippen LogP contribution in [0.4, 0.5) is 0 Å². The first-order chi connectivity index (χ1) is 20.2. The Balaban J connectivity index is 1.44. The van der Waals surface area contributed by atoms with Crippen LogP contribution in [-0.2, 0) is 34.5 Å². The molecule has 0 amide bonds. The Labute approximate surface area is 253 Å². The topological polar surface area (TPSA) is 135 Å². The van der Waals surface area contributed by atoms with Gasteiger partial charge in [0.1, 0.15) is 24.2 Å². The number of fused-ring (bicyclic) bond motifs is 1. The van der Waals surface area contributed by atoms with Gasteiger partial charge in [-0.1, -0.05) is 79.6 Å². The Morgan fingerprint density at radius 1 is 1.19 bits per heavy atom. The van der Waals surface area contributed by atoms with E-state index in [0.29, 0.717) is 12.2 Å². The molecule has 13 heteroatoms. The lowest BCUT2D eigenvalue weighted by atomic mass is 10.1. The summed E-state index contributed by atoms with van der Waals surface area (Å²) in [4.78, 5) is 41.4. The van der Waals surface area contributed by atoms with Crippen molar-refractivity contribution in [2.24, 2.45) is 0 Å². The Morgan fingerprint density at radius 3 is 2.71 bits per heavy atom. The van der Waals surface area contributed by atoms with Crippen molar-refractivity contribution in [3.63, 3.8) is 0 Å². The summed E-state index contributed by atoms with van der Waals surface area (Å²) in [5.41, 5.74) is 0.544. The van der Waals surface area contributed by atoms with Crippen LogP contribution in [0.15, 0.2) is 39.0 Å². The highest BCUT2D eigenvalue weighted by atomic mass is 79.9. The van der Waals surface area contributed by atoms with Crippen LogP contribution in [0.2, 0.25) is 0 Å². The van der Waals surface area contributed by atoms with E-state index in [4.69, 9.17) is 23.0 Å². The van der Waals surface area contributed by atoms with E-state index in [1.54, 1.807) is 0 Å². The first-order valence-electron chi connectivity index (χ1n) is 14.4. The maximum Gasteiger partial charge on any atom is 0.530 e. The molecule has 42 heavy (non-hydrogen) atoms. The average molecular weight is 670 g/mol. The Kier molecular flexibility index (Phi) is 11.8. The average Bonchev–Trinajstić information content (AvgIpc) is 3.35. The van der Waals surface area contributed by atoms with Crippen molar-refractivity contribution in [2.45, 2.75) is 96.7 Å². The van der Waals surface area contributed by atoms with E-state index < -0.39 is 37.5 Å². The SMILES string of the molecule is CCCCCCCCCC(=O)O[C@H]1C[C@H](n2cc(/C=C/Br)c(=O)[nH]c2=O)O[C@@H]1COP1(=O)OCc2cccc(C)c2O1. The number of halogens is 1. The zero-order valence-corrected chi connectivity index (χ0v) is 26.4. The molecule has 0 spiro atoms. The van der Waals surface area contributed by atoms with Crippen LogP contribution >= 0.6 is 23.8 Å². The lowest BCUT2D eigenvalue weighted by Gasteiger charge is -2.27. The molecule has 1 aromatic heterocycles. The molecule has 0 radical (unpaired) electrons. The molecule has 4 rings (SSSR count). The number of H-pyrrole nitrogens is 1. The van der Waals surface area contributed by atoms with E-state index in [1.807, 2.05) is 25.1 Å². The van der Waals surface area contributed by atoms with Gasteiger partial charge in [0.05, 0.1) is 18.8 Å². The van der Waals surface area contributed by atoms with Gasteiger partial charge in [0.2, 0.25) is 0 Å². The van der Waals surface area contributed by atoms with Gasteiger partial charge in [-0.25, -0.2) is 9.36 Å². The van der Waals surface area contributed by atoms with Crippen molar-refractivity contribution >= 4 is 35.8 Å².